The van der Waals surface area contributed by atoms with Crippen molar-refractivity contribution < 1.29 is 9.59 Å². The molecule has 3 heterocycles. The van der Waals surface area contributed by atoms with Crippen LogP contribution in [0.4, 0.5) is 11.5 Å². The maximum Gasteiger partial charge on any atom is 0.228 e. The summed E-state index contributed by atoms with van der Waals surface area (Å²) in [7, 11) is 0. The fraction of sp³-hybridized carbons (Fsp3) is 0.167. The second-order valence-electron chi connectivity index (χ2n) is 7.83. The maximum absolute atomic E-state index is 13.3. The SMILES string of the molecule is CC(C)n1cc(C(=O)c2cncc(NC(=O)Cc3ccc(C#N)cc3)c2)c2c(N)ncnc21. The minimum Gasteiger partial charge on any atom is -0.383 e. The van der Waals surface area contributed by atoms with Gasteiger partial charge in [-0.15, -0.1) is 0 Å². The summed E-state index contributed by atoms with van der Waals surface area (Å²) in [5.74, 6) is -0.334. The Morgan fingerprint density at radius 1 is 1.18 bits per heavy atom. The summed E-state index contributed by atoms with van der Waals surface area (Å²) in [5.41, 5.74) is 9.02. The number of fused-ring (bicyclic) bond motifs is 1. The van der Waals surface area contributed by atoms with E-state index in [1.54, 1.807) is 36.5 Å². The van der Waals surface area contributed by atoms with Gasteiger partial charge in [0.2, 0.25) is 5.91 Å². The molecule has 9 heteroatoms. The molecule has 1 aromatic carbocycles. The molecule has 0 unspecified atom stereocenters. The average molecular weight is 439 g/mol. The molecule has 0 aliphatic rings. The predicted molar refractivity (Wildman–Crippen MR) is 123 cm³/mol. The zero-order valence-electron chi connectivity index (χ0n) is 18.1. The standard InChI is InChI=1S/C24H21N7O2/c1-14(2)31-12-19(21-23(26)28-13-29-24(21)31)22(33)17-8-18(11-27-10-17)30-20(32)7-15-3-5-16(9-25)6-4-15/h3-6,8,10-14H,7H2,1-2H3,(H,30,32)(H2,26,28,29). The number of nitrogens with zero attached hydrogens (tertiary/aromatic N) is 5. The van der Waals surface area contributed by atoms with Crippen molar-refractivity contribution in [1.82, 2.24) is 19.5 Å². The number of amides is 1. The number of nitriles is 1. The Labute approximate surface area is 189 Å². The third kappa shape index (κ3) is 4.41. The van der Waals surface area contributed by atoms with E-state index in [0.717, 1.165) is 5.56 Å². The highest BCUT2D eigenvalue weighted by Crippen LogP contribution is 2.28. The fourth-order valence-electron chi connectivity index (χ4n) is 3.55. The fourth-order valence-corrected chi connectivity index (χ4v) is 3.55. The van der Waals surface area contributed by atoms with Gasteiger partial charge >= 0.3 is 0 Å². The summed E-state index contributed by atoms with van der Waals surface area (Å²) < 4.78 is 1.87. The van der Waals surface area contributed by atoms with Gasteiger partial charge in [-0.25, -0.2) is 9.97 Å². The number of hydrogen-bond donors (Lipinski definition) is 2. The maximum atomic E-state index is 13.3. The lowest BCUT2D eigenvalue weighted by Gasteiger charge is -2.07. The van der Waals surface area contributed by atoms with E-state index in [0.29, 0.717) is 33.4 Å². The summed E-state index contributed by atoms with van der Waals surface area (Å²) in [5, 5.41) is 12.1. The van der Waals surface area contributed by atoms with E-state index in [1.165, 1.54) is 18.7 Å². The molecule has 0 radical (unpaired) electrons. The van der Waals surface area contributed by atoms with Crippen LogP contribution in [0.1, 0.15) is 46.9 Å². The van der Waals surface area contributed by atoms with Crippen molar-refractivity contribution >= 4 is 34.2 Å². The Morgan fingerprint density at radius 3 is 2.64 bits per heavy atom. The van der Waals surface area contributed by atoms with E-state index in [1.807, 2.05) is 24.5 Å². The van der Waals surface area contributed by atoms with Crippen molar-refractivity contribution in [2.45, 2.75) is 26.3 Å². The van der Waals surface area contributed by atoms with Gasteiger partial charge in [0.05, 0.1) is 40.9 Å². The second kappa shape index (κ2) is 8.88. The van der Waals surface area contributed by atoms with Crippen molar-refractivity contribution in [3.63, 3.8) is 0 Å². The number of hydrogen-bond acceptors (Lipinski definition) is 7. The van der Waals surface area contributed by atoms with Gasteiger partial charge in [0.15, 0.2) is 5.78 Å². The van der Waals surface area contributed by atoms with Crippen LogP contribution >= 0.6 is 0 Å². The number of nitrogens with two attached hydrogens (primary N) is 1. The van der Waals surface area contributed by atoms with E-state index in [9.17, 15) is 9.59 Å². The second-order valence-corrected chi connectivity index (χ2v) is 7.83. The first kappa shape index (κ1) is 21.6. The molecule has 0 fully saturated rings. The lowest BCUT2D eigenvalue weighted by Crippen LogP contribution is -2.15. The van der Waals surface area contributed by atoms with Crippen LogP contribution in [0.5, 0.6) is 0 Å². The highest BCUT2D eigenvalue weighted by molar-refractivity contribution is 6.18. The van der Waals surface area contributed by atoms with Crippen molar-refractivity contribution in [3.05, 3.63) is 77.5 Å². The summed E-state index contributed by atoms with van der Waals surface area (Å²) in [6.07, 6.45) is 6.13. The lowest BCUT2D eigenvalue weighted by atomic mass is 10.0. The van der Waals surface area contributed by atoms with Crippen LogP contribution in [0.15, 0.2) is 55.2 Å². The molecule has 1 amide bonds. The van der Waals surface area contributed by atoms with Crippen molar-refractivity contribution in [2.24, 2.45) is 0 Å². The Balaban J connectivity index is 1.58. The van der Waals surface area contributed by atoms with Gasteiger partial charge in [0, 0.05) is 24.0 Å². The zero-order valence-corrected chi connectivity index (χ0v) is 18.1. The third-order valence-corrected chi connectivity index (χ3v) is 5.17. The first-order chi connectivity index (χ1) is 15.9. The Bertz CT molecular complexity index is 1400. The van der Waals surface area contributed by atoms with Crippen LogP contribution in [0, 0.1) is 11.3 Å². The van der Waals surface area contributed by atoms with E-state index in [-0.39, 0.29) is 30.0 Å². The van der Waals surface area contributed by atoms with Crippen LogP contribution in [0.2, 0.25) is 0 Å². The van der Waals surface area contributed by atoms with Gasteiger partial charge in [-0.1, -0.05) is 12.1 Å². The minimum atomic E-state index is -0.295. The number of ketones is 1. The van der Waals surface area contributed by atoms with Crippen molar-refractivity contribution in [2.75, 3.05) is 11.1 Å². The number of carbonyl (C=O) groups is 2. The normalized spacial score (nSPS) is 10.8. The van der Waals surface area contributed by atoms with E-state index in [2.05, 4.69) is 20.3 Å². The summed E-state index contributed by atoms with van der Waals surface area (Å²) in [6, 6.07) is 10.5. The summed E-state index contributed by atoms with van der Waals surface area (Å²) in [4.78, 5) is 38.2. The highest BCUT2D eigenvalue weighted by atomic mass is 16.1. The number of benzene rings is 1. The molecular weight excluding hydrogens is 418 g/mol. The molecule has 3 N–H and O–H groups in total. The molecule has 9 nitrogen and oxygen atoms in total. The number of anilines is 2. The number of pyridine rings is 1. The van der Waals surface area contributed by atoms with Gasteiger partial charge in [-0.2, -0.15) is 5.26 Å². The molecule has 0 saturated carbocycles. The monoisotopic (exact) mass is 439 g/mol. The molecular formula is C24H21N7O2. The lowest BCUT2D eigenvalue weighted by molar-refractivity contribution is -0.115. The predicted octanol–water partition coefficient (Wildman–Crippen LogP) is 3.27. The molecule has 0 saturated heterocycles. The largest absolute Gasteiger partial charge is 0.383 e. The van der Waals surface area contributed by atoms with E-state index < -0.39 is 0 Å². The number of nitrogens with one attached hydrogen (secondary N) is 1. The number of aromatic nitrogens is 4. The number of rotatable bonds is 6. The highest BCUT2D eigenvalue weighted by Gasteiger charge is 2.22. The molecule has 0 spiro atoms. The Morgan fingerprint density at radius 2 is 1.94 bits per heavy atom. The molecule has 4 aromatic rings. The van der Waals surface area contributed by atoms with Gasteiger partial charge in [0.25, 0.3) is 0 Å². The molecule has 4 rings (SSSR count). The molecule has 0 aliphatic carbocycles. The van der Waals surface area contributed by atoms with Crippen LogP contribution in [0.25, 0.3) is 11.0 Å². The molecule has 33 heavy (non-hydrogen) atoms. The van der Waals surface area contributed by atoms with Crippen LogP contribution in [0.3, 0.4) is 0 Å². The Hall–Kier alpha value is -4.58. The van der Waals surface area contributed by atoms with Gasteiger partial charge in [0.1, 0.15) is 17.8 Å². The number of nitrogen functional groups attached to an aromatic ring is 1. The Kier molecular flexibility index (Phi) is 5.83. The molecule has 164 valence electrons. The zero-order chi connectivity index (χ0) is 23.5. The van der Waals surface area contributed by atoms with Crippen LogP contribution in [-0.4, -0.2) is 31.2 Å². The average Bonchev–Trinajstić information content (AvgIpc) is 3.20. The van der Waals surface area contributed by atoms with Gasteiger partial charge in [-0.05, 0) is 37.6 Å². The first-order valence-corrected chi connectivity index (χ1v) is 10.3. The van der Waals surface area contributed by atoms with Crippen molar-refractivity contribution in [1.29, 1.82) is 5.26 Å². The summed E-state index contributed by atoms with van der Waals surface area (Å²) in [6.45, 7) is 3.97. The molecule has 3 aromatic heterocycles. The first-order valence-electron chi connectivity index (χ1n) is 10.3. The smallest absolute Gasteiger partial charge is 0.228 e. The molecule has 0 aliphatic heterocycles. The van der Waals surface area contributed by atoms with E-state index >= 15 is 0 Å². The van der Waals surface area contributed by atoms with Crippen molar-refractivity contribution in [3.8, 4) is 6.07 Å². The minimum absolute atomic E-state index is 0.0642. The summed E-state index contributed by atoms with van der Waals surface area (Å²) >= 11 is 0. The topological polar surface area (TPSA) is 140 Å². The van der Waals surface area contributed by atoms with Gasteiger partial charge in [-0.3, -0.25) is 14.6 Å². The number of carbonyl (C=O) groups excluding carboxylic acids is 2. The van der Waals surface area contributed by atoms with Gasteiger partial charge < -0.3 is 15.6 Å². The van der Waals surface area contributed by atoms with Crippen LogP contribution < -0.4 is 11.1 Å². The van der Waals surface area contributed by atoms with Crippen LogP contribution in [-0.2, 0) is 11.2 Å². The molecule has 0 bridgehead atoms. The molecule has 0 atom stereocenters. The quantitative estimate of drug-likeness (QED) is 0.439. The third-order valence-electron chi connectivity index (χ3n) is 5.17. The van der Waals surface area contributed by atoms with E-state index in [4.69, 9.17) is 11.0 Å².